The number of carbonyl (C=O) groups excluding carboxylic acids is 1. The van der Waals surface area contributed by atoms with E-state index in [0.29, 0.717) is 6.20 Å². The zero-order valence-corrected chi connectivity index (χ0v) is 11.0. The Kier molecular flexibility index (Phi) is 4.83. The van der Waals surface area contributed by atoms with Crippen molar-refractivity contribution in [1.82, 2.24) is 4.98 Å². The lowest BCUT2D eigenvalue weighted by molar-refractivity contribution is -0.142. The lowest BCUT2D eigenvalue weighted by atomic mass is 10.1. The van der Waals surface area contributed by atoms with Gasteiger partial charge in [0, 0.05) is 6.20 Å². The second kappa shape index (κ2) is 5.81. The molecule has 0 radical (unpaired) electrons. The molecule has 9 heteroatoms. The first kappa shape index (κ1) is 15.8. The number of alkyl halides is 5. The van der Waals surface area contributed by atoms with Crippen molar-refractivity contribution in [2.75, 3.05) is 6.61 Å². The number of esters is 1. The predicted octanol–water partition coefficient (Wildman–Crippen LogP) is 3.98. The third-order valence-corrected chi connectivity index (χ3v) is 2.84. The molecule has 0 N–H and O–H groups in total. The fourth-order valence-corrected chi connectivity index (χ4v) is 2.00. The van der Waals surface area contributed by atoms with Crippen LogP contribution in [0.4, 0.5) is 22.0 Å². The minimum Gasteiger partial charge on any atom is -0.462 e. The smallest absolute Gasteiger partial charge is 0.434 e. The van der Waals surface area contributed by atoms with Crippen molar-refractivity contribution in [3.8, 4) is 0 Å². The molecule has 0 fully saturated rings. The zero-order valence-electron chi connectivity index (χ0n) is 9.39. The van der Waals surface area contributed by atoms with Gasteiger partial charge in [-0.05, 0) is 22.9 Å². The first-order valence-corrected chi connectivity index (χ1v) is 5.70. The highest BCUT2D eigenvalue weighted by Gasteiger charge is 2.38. The number of nitrogens with zero attached hydrogens (tertiary/aromatic N) is 1. The van der Waals surface area contributed by atoms with Gasteiger partial charge in [-0.3, -0.25) is 0 Å². The van der Waals surface area contributed by atoms with Gasteiger partial charge in [-0.15, -0.1) is 0 Å². The van der Waals surface area contributed by atoms with Crippen molar-refractivity contribution in [3.05, 3.63) is 27.5 Å². The average molecular weight is 348 g/mol. The van der Waals surface area contributed by atoms with Crippen molar-refractivity contribution in [2.45, 2.75) is 19.5 Å². The minimum absolute atomic E-state index is 0.0971. The lowest BCUT2D eigenvalue weighted by Crippen LogP contribution is -2.16. The van der Waals surface area contributed by atoms with Crippen LogP contribution in [0.15, 0.2) is 10.7 Å². The highest BCUT2D eigenvalue weighted by atomic mass is 79.9. The molecule has 19 heavy (non-hydrogen) atoms. The van der Waals surface area contributed by atoms with Crippen LogP contribution in [0.25, 0.3) is 0 Å². The number of carbonyl (C=O) groups is 1. The monoisotopic (exact) mass is 347 g/mol. The molecule has 0 saturated carbocycles. The molecular formula is C10H7BrF5NO2. The summed E-state index contributed by atoms with van der Waals surface area (Å²) in [6.07, 6.45) is -7.75. The second-order valence-electron chi connectivity index (χ2n) is 3.27. The fraction of sp³-hybridized carbons (Fsp3) is 0.400. The molecule has 0 saturated heterocycles. The van der Waals surface area contributed by atoms with Crippen LogP contribution in [0.5, 0.6) is 0 Å². The van der Waals surface area contributed by atoms with Crippen LogP contribution in [0.1, 0.15) is 35.0 Å². The first-order chi connectivity index (χ1) is 8.70. The summed E-state index contributed by atoms with van der Waals surface area (Å²) in [5.41, 5.74) is -3.30. The number of aromatic nitrogens is 1. The summed E-state index contributed by atoms with van der Waals surface area (Å²) in [6, 6.07) is 0. The Morgan fingerprint density at radius 1 is 1.47 bits per heavy atom. The Morgan fingerprint density at radius 3 is 2.47 bits per heavy atom. The van der Waals surface area contributed by atoms with E-state index in [1.165, 1.54) is 6.92 Å². The van der Waals surface area contributed by atoms with Gasteiger partial charge in [-0.1, -0.05) is 0 Å². The van der Waals surface area contributed by atoms with Gasteiger partial charge in [0.25, 0.3) is 6.43 Å². The molecule has 0 aromatic carbocycles. The molecule has 1 aromatic heterocycles. The largest absolute Gasteiger partial charge is 0.462 e. The Bertz CT molecular complexity index is 490. The summed E-state index contributed by atoms with van der Waals surface area (Å²) in [6.45, 7) is 1.34. The van der Waals surface area contributed by atoms with Crippen LogP contribution in [0.2, 0.25) is 0 Å². The Hall–Kier alpha value is -1.25. The normalized spacial score (nSPS) is 11.8. The van der Waals surface area contributed by atoms with E-state index < -0.39 is 39.9 Å². The standard InChI is InChI=1S/C10H7BrF5NO2/c1-2-19-9(18)4-3-17-7(10(14,15)16)6(11)5(4)8(12)13/h3,8H,2H2,1H3. The van der Waals surface area contributed by atoms with Crippen LogP contribution < -0.4 is 0 Å². The number of hydrogen-bond acceptors (Lipinski definition) is 3. The van der Waals surface area contributed by atoms with Gasteiger partial charge in [-0.25, -0.2) is 18.6 Å². The zero-order chi connectivity index (χ0) is 14.8. The van der Waals surface area contributed by atoms with Crippen molar-refractivity contribution in [2.24, 2.45) is 0 Å². The van der Waals surface area contributed by atoms with E-state index >= 15 is 0 Å². The number of rotatable bonds is 3. The molecule has 0 aliphatic carbocycles. The van der Waals surface area contributed by atoms with Gasteiger partial charge in [0.05, 0.1) is 22.2 Å². The van der Waals surface area contributed by atoms with E-state index in [4.69, 9.17) is 0 Å². The van der Waals surface area contributed by atoms with Gasteiger partial charge in [0.15, 0.2) is 5.69 Å². The molecule has 0 spiro atoms. The molecule has 1 rings (SSSR count). The summed E-state index contributed by atoms with van der Waals surface area (Å²) in [7, 11) is 0. The van der Waals surface area contributed by atoms with Crippen LogP contribution in [-0.4, -0.2) is 17.6 Å². The van der Waals surface area contributed by atoms with Crippen molar-refractivity contribution >= 4 is 21.9 Å². The van der Waals surface area contributed by atoms with Crippen LogP contribution in [0, 0.1) is 0 Å². The minimum atomic E-state index is -4.91. The molecule has 0 aliphatic heterocycles. The van der Waals surface area contributed by atoms with E-state index in [9.17, 15) is 26.7 Å². The summed E-state index contributed by atoms with van der Waals surface area (Å²) >= 11 is 2.42. The van der Waals surface area contributed by atoms with E-state index in [2.05, 4.69) is 25.7 Å². The maximum atomic E-state index is 12.8. The predicted molar refractivity (Wildman–Crippen MR) is 57.9 cm³/mol. The van der Waals surface area contributed by atoms with Gasteiger partial charge < -0.3 is 4.74 Å². The van der Waals surface area contributed by atoms with E-state index in [-0.39, 0.29) is 6.61 Å². The van der Waals surface area contributed by atoms with Crippen molar-refractivity contribution in [1.29, 1.82) is 0 Å². The number of hydrogen-bond donors (Lipinski definition) is 0. The molecule has 0 unspecified atom stereocenters. The molecule has 0 aliphatic rings. The van der Waals surface area contributed by atoms with E-state index in [1.807, 2.05) is 0 Å². The Morgan fingerprint density at radius 2 is 2.05 bits per heavy atom. The summed E-state index contributed by atoms with van der Waals surface area (Å²) in [4.78, 5) is 14.4. The maximum absolute atomic E-state index is 12.8. The summed E-state index contributed by atoms with van der Waals surface area (Å²) in [5, 5.41) is 0. The molecule has 0 amide bonds. The molecule has 106 valence electrons. The fourth-order valence-electron chi connectivity index (χ4n) is 1.28. The highest BCUT2D eigenvalue weighted by Crippen LogP contribution is 2.39. The SMILES string of the molecule is CCOC(=O)c1cnc(C(F)(F)F)c(Br)c1C(F)F. The second-order valence-corrected chi connectivity index (χ2v) is 4.06. The molecule has 1 heterocycles. The van der Waals surface area contributed by atoms with E-state index in [0.717, 1.165) is 0 Å². The summed E-state index contributed by atoms with van der Waals surface area (Å²) in [5.74, 6) is -1.15. The maximum Gasteiger partial charge on any atom is 0.434 e. The number of ether oxygens (including phenoxy) is 1. The molecular weight excluding hydrogens is 341 g/mol. The Balaban J connectivity index is 3.45. The van der Waals surface area contributed by atoms with Gasteiger partial charge in [0.2, 0.25) is 0 Å². The molecule has 0 atom stereocenters. The highest BCUT2D eigenvalue weighted by molar-refractivity contribution is 9.10. The lowest BCUT2D eigenvalue weighted by Gasteiger charge is -2.14. The summed E-state index contributed by atoms with van der Waals surface area (Å²) < 4.78 is 66.7. The van der Waals surface area contributed by atoms with Gasteiger partial charge in [-0.2, -0.15) is 13.2 Å². The quantitative estimate of drug-likeness (QED) is 0.613. The molecule has 3 nitrogen and oxygen atoms in total. The molecule has 1 aromatic rings. The topological polar surface area (TPSA) is 39.2 Å². The Labute approximate surface area is 112 Å². The van der Waals surface area contributed by atoms with Crippen LogP contribution in [0.3, 0.4) is 0 Å². The average Bonchev–Trinajstić information content (AvgIpc) is 2.26. The number of pyridine rings is 1. The van der Waals surface area contributed by atoms with Gasteiger partial charge in [0.1, 0.15) is 0 Å². The van der Waals surface area contributed by atoms with E-state index in [1.54, 1.807) is 0 Å². The third kappa shape index (κ3) is 3.40. The van der Waals surface area contributed by atoms with Crippen molar-refractivity contribution in [3.63, 3.8) is 0 Å². The van der Waals surface area contributed by atoms with Crippen LogP contribution >= 0.6 is 15.9 Å². The number of halogens is 6. The third-order valence-electron chi connectivity index (χ3n) is 2.04. The van der Waals surface area contributed by atoms with Gasteiger partial charge >= 0.3 is 12.1 Å². The van der Waals surface area contributed by atoms with Crippen LogP contribution in [-0.2, 0) is 10.9 Å². The first-order valence-electron chi connectivity index (χ1n) is 4.91. The molecule has 0 bridgehead atoms. The van der Waals surface area contributed by atoms with Crippen molar-refractivity contribution < 1.29 is 31.5 Å².